The molecule has 1 heterocycles. The lowest BCUT2D eigenvalue weighted by Gasteiger charge is -2.10. The van der Waals surface area contributed by atoms with E-state index in [1.165, 1.54) is 0 Å². The summed E-state index contributed by atoms with van der Waals surface area (Å²) < 4.78 is 3.85. The van der Waals surface area contributed by atoms with E-state index in [1.807, 2.05) is 32.9 Å². The number of nitrogens with zero attached hydrogens (tertiary/aromatic N) is 2. The summed E-state index contributed by atoms with van der Waals surface area (Å²) in [5, 5.41) is 6.86. The van der Waals surface area contributed by atoms with Crippen LogP contribution in [-0.2, 0) is 0 Å². The van der Waals surface area contributed by atoms with Gasteiger partial charge in [0.2, 0.25) is 0 Å². The number of nitrogen functional groups attached to an aromatic ring is 1. The molecule has 0 aliphatic heterocycles. The van der Waals surface area contributed by atoms with Gasteiger partial charge >= 0.3 is 0 Å². The first-order valence-electron chi connectivity index (χ1n) is 5.99. The van der Waals surface area contributed by atoms with Crippen molar-refractivity contribution in [3.8, 4) is 0 Å². The van der Waals surface area contributed by atoms with Crippen LogP contribution in [0.1, 0.15) is 40.7 Å². The smallest absolute Gasteiger partial charge is 0.269 e. The molecule has 1 aromatic carbocycles. The van der Waals surface area contributed by atoms with E-state index in [2.05, 4.69) is 14.9 Å². The largest absolute Gasteiger partial charge is 0.398 e. The second kappa shape index (κ2) is 5.36. The van der Waals surface area contributed by atoms with E-state index in [4.69, 9.17) is 5.73 Å². The van der Waals surface area contributed by atoms with Crippen molar-refractivity contribution in [3.63, 3.8) is 0 Å². The molecule has 0 aliphatic rings. The number of hydrogen-bond donors (Lipinski definition) is 2. The molecular formula is C13H16N4OS. The number of nitrogens with one attached hydrogen (secondary N) is 1. The summed E-state index contributed by atoms with van der Waals surface area (Å²) in [5.41, 5.74) is 8.78. The zero-order valence-corrected chi connectivity index (χ0v) is 11.9. The first-order chi connectivity index (χ1) is 9.00. The van der Waals surface area contributed by atoms with Crippen molar-refractivity contribution in [1.29, 1.82) is 0 Å². The Morgan fingerprint density at radius 2 is 2.16 bits per heavy atom. The predicted molar refractivity (Wildman–Crippen MR) is 77.5 cm³/mol. The fraction of sp³-hybridized carbons (Fsp3) is 0.308. The number of rotatable bonds is 3. The van der Waals surface area contributed by atoms with Crippen LogP contribution in [0.2, 0.25) is 0 Å². The molecule has 0 saturated heterocycles. The summed E-state index contributed by atoms with van der Waals surface area (Å²) in [5.74, 6) is -0.0196. The van der Waals surface area contributed by atoms with Gasteiger partial charge in [-0.05, 0) is 42.1 Å². The van der Waals surface area contributed by atoms with Gasteiger partial charge in [-0.25, -0.2) is 0 Å². The molecule has 0 spiro atoms. The monoisotopic (exact) mass is 276 g/mol. The van der Waals surface area contributed by atoms with Crippen LogP contribution in [0, 0.1) is 6.92 Å². The van der Waals surface area contributed by atoms with Crippen molar-refractivity contribution in [2.24, 2.45) is 0 Å². The topological polar surface area (TPSA) is 80.9 Å². The SMILES string of the molecule is Cc1c(N)cccc1NC(=O)c1snnc1C(C)C. The van der Waals surface area contributed by atoms with Crippen LogP contribution in [0.15, 0.2) is 18.2 Å². The third-order valence-electron chi connectivity index (χ3n) is 2.89. The minimum absolute atomic E-state index is 0.168. The second-order valence-electron chi connectivity index (χ2n) is 4.62. The van der Waals surface area contributed by atoms with Gasteiger partial charge in [0.15, 0.2) is 0 Å². The maximum atomic E-state index is 12.2. The van der Waals surface area contributed by atoms with Crippen LogP contribution in [-0.4, -0.2) is 15.5 Å². The number of nitrogens with two attached hydrogens (primary N) is 1. The number of hydrogen-bond acceptors (Lipinski definition) is 5. The van der Waals surface area contributed by atoms with Gasteiger partial charge in [-0.3, -0.25) is 4.79 Å². The van der Waals surface area contributed by atoms with Gasteiger partial charge in [-0.2, -0.15) is 0 Å². The Kier molecular flexibility index (Phi) is 3.80. The Morgan fingerprint density at radius 3 is 2.84 bits per heavy atom. The van der Waals surface area contributed by atoms with Crippen molar-refractivity contribution < 1.29 is 4.79 Å². The number of carbonyl (C=O) groups is 1. The molecule has 19 heavy (non-hydrogen) atoms. The van der Waals surface area contributed by atoms with E-state index in [0.717, 1.165) is 22.8 Å². The van der Waals surface area contributed by atoms with E-state index in [0.29, 0.717) is 16.3 Å². The van der Waals surface area contributed by atoms with E-state index in [9.17, 15) is 4.79 Å². The maximum Gasteiger partial charge on any atom is 0.269 e. The molecule has 0 radical (unpaired) electrons. The maximum absolute atomic E-state index is 12.2. The van der Waals surface area contributed by atoms with Crippen LogP contribution in [0.4, 0.5) is 11.4 Å². The van der Waals surface area contributed by atoms with Crippen LogP contribution in [0.3, 0.4) is 0 Å². The fourth-order valence-electron chi connectivity index (χ4n) is 1.70. The number of aromatic nitrogens is 2. The summed E-state index contributed by atoms with van der Waals surface area (Å²) in [6.45, 7) is 5.85. The Morgan fingerprint density at radius 1 is 1.42 bits per heavy atom. The van der Waals surface area contributed by atoms with Crippen molar-refractivity contribution in [3.05, 3.63) is 34.3 Å². The Hall–Kier alpha value is -1.95. The summed E-state index contributed by atoms with van der Waals surface area (Å²) in [6, 6.07) is 5.44. The third-order valence-corrected chi connectivity index (χ3v) is 3.63. The highest BCUT2D eigenvalue weighted by Crippen LogP contribution is 2.24. The zero-order valence-electron chi connectivity index (χ0n) is 11.1. The fourth-order valence-corrected chi connectivity index (χ4v) is 2.42. The highest BCUT2D eigenvalue weighted by Gasteiger charge is 2.19. The van der Waals surface area contributed by atoms with Crippen LogP contribution in [0.5, 0.6) is 0 Å². The van der Waals surface area contributed by atoms with E-state index in [-0.39, 0.29) is 11.8 Å². The number of carbonyl (C=O) groups excluding carboxylic acids is 1. The van der Waals surface area contributed by atoms with Crippen LogP contribution < -0.4 is 11.1 Å². The summed E-state index contributed by atoms with van der Waals surface area (Å²) in [7, 11) is 0. The van der Waals surface area contributed by atoms with Gasteiger partial charge in [-0.15, -0.1) is 5.10 Å². The van der Waals surface area contributed by atoms with Gasteiger partial charge in [0.25, 0.3) is 5.91 Å². The highest BCUT2D eigenvalue weighted by molar-refractivity contribution is 7.08. The molecule has 0 fully saturated rings. The minimum atomic E-state index is -0.188. The third kappa shape index (κ3) is 2.73. The van der Waals surface area contributed by atoms with Gasteiger partial charge in [0.1, 0.15) is 4.88 Å². The first-order valence-corrected chi connectivity index (χ1v) is 6.76. The van der Waals surface area contributed by atoms with Gasteiger partial charge in [0.05, 0.1) is 5.69 Å². The lowest BCUT2D eigenvalue weighted by molar-refractivity contribution is 0.102. The molecule has 0 unspecified atom stereocenters. The summed E-state index contributed by atoms with van der Waals surface area (Å²) >= 11 is 1.11. The van der Waals surface area contributed by atoms with Crippen molar-refractivity contribution in [2.45, 2.75) is 26.7 Å². The quantitative estimate of drug-likeness (QED) is 0.845. The average Bonchev–Trinajstić information content (AvgIpc) is 2.84. The van der Waals surface area contributed by atoms with Gasteiger partial charge in [-0.1, -0.05) is 24.4 Å². The molecule has 0 bridgehead atoms. The molecule has 0 atom stereocenters. The molecule has 3 N–H and O–H groups in total. The Bertz CT molecular complexity index is 606. The molecular weight excluding hydrogens is 260 g/mol. The highest BCUT2D eigenvalue weighted by atomic mass is 32.1. The number of benzene rings is 1. The molecule has 100 valence electrons. The molecule has 1 amide bonds. The van der Waals surface area contributed by atoms with Crippen molar-refractivity contribution in [1.82, 2.24) is 9.59 Å². The van der Waals surface area contributed by atoms with Gasteiger partial charge < -0.3 is 11.1 Å². The van der Waals surface area contributed by atoms with E-state index >= 15 is 0 Å². The molecule has 6 heteroatoms. The molecule has 0 aliphatic carbocycles. The molecule has 0 saturated carbocycles. The summed E-state index contributed by atoms with van der Waals surface area (Å²) in [4.78, 5) is 12.8. The van der Waals surface area contributed by atoms with Crippen molar-refractivity contribution >= 4 is 28.8 Å². The molecule has 1 aromatic heterocycles. The summed E-state index contributed by atoms with van der Waals surface area (Å²) in [6.07, 6.45) is 0. The molecule has 2 aromatic rings. The Labute approximate surface area is 116 Å². The lowest BCUT2D eigenvalue weighted by Crippen LogP contribution is -2.14. The predicted octanol–water partition coefficient (Wildman–Crippen LogP) is 2.80. The number of anilines is 2. The normalized spacial score (nSPS) is 10.7. The Balaban J connectivity index is 2.26. The number of amides is 1. The van der Waals surface area contributed by atoms with E-state index < -0.39 is 0 Å². The standard InChI is InChI=1S/C13H16N4OS/c1-7(2)11-12(19-17-16-11)13(18)15-10-6-4-5-9(14)8(10)3/h4-7H,14H2,1-3H3,(H,15,18). The molecule has 5 nitrogen and oxygen atoms in total. The first kappa shape index (κ1) is 13.5. The minimum Gasteiger partial charge on any atom is -0.398 e. The van der Waals surface area contributed by atoms with Crippen molar-refractivity contribution in [2.75, 3.05) is 11.1 Å². The second-order valence-corrected chi connectivity index (χ2v) is 5.37. The van der Waals surface area contributed by atoms with Crippen LogP contribution in [0.25, 0.3) is 0 Å². The average molecular weight is 276 g/mol. The van der Waals surface area contributed by atoms with Crippen LogP contribution >= 0.6 is 11.5 Å². The zero-order chi connectivity index (χ0) is 14.0. The lowest BCUT2D eigenvalue weighted by atomic mass is 10.1. The van der Waals surface area contributed by atoms with E-state index in [1.54, 1.807) is 6.07 Å². The molecule has 2 rings (SSSR count). The van der Waals surface area contributed by atoms with Gasteiger partial charge in [0, 0.05) is 11.4 Å².